The van der Waals surface area contributed by atoms with E-state index in [1.165, 1.54) is 24.3 Å². The first-order valence-corrected chi connectivity index (χ1v) is 10.3. The molecule has 2 N–H and O–H groups in total. The first kappa shape index (κ1) is 25.8. The quantitative estimate of drug-likeness (QED) is 0.257. The third-order valence-electron chi connectivity index (χ3n) is 3.37. The van der Waals surface area contributed by atoms with E-state index in [4.69, 9.17) is 10.2 Å². The molecule has 0 amide bonds. The SMILES string of the molecule is O=C(O)/C=C/C(=O)c1cc(F)ccc1I.O=C(O)CCC(=O)c1cc(F)ccc1I. The van der Waals surface area contributed by atoms with E-state index in [1.807, 2.05) is 45.2 Å². The number of rotatable bonds is 7. The molecule has 0 radical (unpaired) electrons. The van der Waals surface area contributed by atoms with Crippen molar-refractivity contribution in [3.05, 3.63) is 78.5 Å². The molecule has 0 aliphatic heterocycles. The second-order valence-electron chi connectivity index (χ2n) is 5.60. The Balaban J connectivity index is 0.000000300. The van der Waals surface area contributed by atoms with Crippen LogP contribution in [0.1, 0.15) is 33.6 Å². The average Bonchev–Trinajstić information content (AvgIpc) is 2.68. The molecule has 0 aromatic heterocycles. The molecule has 10 heteroatoms. The molecular formula is C20H14F2I2O6. The van der Waals surface area contributed by atoms with Gasteiger partial charge in [-0.05, 0) is 87.7 Å². The van der Waals surface area contributed by atoms with E-state index in [-0.39, 0.29) is 29.8 Å². The highest BCUT2D eigenvalue weighted by atomic mass is 127. The molecule has 0 heterocycles. The molecule has 0 spiro atoms. The normalized spacial score (nSPS) is 10.3. The van der Waals surface area contributed by atoms with Gasteiger partial charge in [0, 0.05) is 30.8 Å². The lowest BCUT2D eigenvalue weighted by Crippen LogP contribution is -2.05. The van der Waals surface area contributed by atoms with Crippen molar-refractivity contribution in [3.8, 4) is 0 Å². The topological polar surface area (TPSA) is 109 Å². The van der Waals surface area contributed by atoms with Crippen molar-refractivity contribution in [2.75, 3.05) is 0 Å². The van der Waals surface area contributed by atoms with Crippen molar-refractivity contribution in [2.45, 2.75) is 12.8 Å². The fourth-order valence-corrected chi connectivity index (χ4v) is 3.23. The Hall–Kier alpha value is -2.22. The zero-order chi connectivity index (χ0) is 22.8. The highest BCUT2D eigenvalue weighted by Crippen LogP contribution is 2.16. The lowest BCUT2D eigenvalue weighted by Gasteiger charge is -2.02. The Labute approximate surface area is 197 Å². The van der Waals surface area contributed by atoms with Gasteiger partial charge >= 0.3 is 11.9 Å². The Morgan fingerprint density at radius 2 is 1.30 bits per heavy atom. The second-order valence-corrected chi connectivity index (χ2v) is 7.93. The molecule has 0 aliphatic carbocycles. The first-order chi connectivity index (χ1) is 14.0. The molecule has 158 valence electrons. The summed E-state index contributed by atoms with van der Waals surface area (Å²) in [5.74, 6) is -4.14. The minimum absolute atomic E-state index is 0.102. The predicted molar refractivity (Wildman–Crippen MR) is 121 cm³/mol. The third kappa shape index (κ3) is 9.07. The molecule has 0 saturated heterocycles. The second kappa shape index (κ2) is 12.5. The number of benzene rings is 2. The van der Waals surface area contributed by atoms with Crippen LogP contribution in [0.15, 0.2) is 48.6 Å². The molecule has 6 nitrogen and oxygen atoms in total. The van der Waals surface area contributed by atoms with Gasteiger partial charge in [0.2, 0.25) is 0 Å². The van der Waals surface area contributed by atoms with Crippen molar-refractivity contribution in [1.82, 2.24) is 0 Å². The lowest BCUT2D eigenvalue weighted by molar-refractivity contribution is -0.137. The average molecular weight is 642 g/mol. The molecule has 2 aromatic carbocycles. The molecule has 0 aliphatic rings. The molecule has 2 aromatic rings. The largest absolute Gasteiger partial charge is 0.481 e. The fourth-order valence-electron chi connectivity index (χ4n) is 1.99. The Bertz CT molecular complexity index is 1000. The van der Waals surface area contributed by atoms with Gasteiger partial charge in [0.15, 0.2) is 11.6 Å². The number of hydrogen-bond donors (Lipinski definition) is 2. The minimum Gasteiger partial charge on any atom is -0.481 e. The van der Waals surface area contributed by atoms with Crippen molar-refractivity contribution < 1.29 is 38.2 Å². The van der Waals surface area contributed by atoms with E-state index in [0.717, 1.165) is 24.3 Å². The molecule has 2 rings (SSSR count). The van der Waals surface area contributed by atoms with Gasteiger partial charge in [-0.2, -0.15) is 0 Å². The summed E-state index contributed by atoms with van der Waals surface area (Å²) < 4.78 is 26.9. The van der Waals surface area contributed by atoms with Crippen LogP contribution >= 0.6 is 45.2 Å². The maximum Gasteiger partial charge on any atom is 0.328 e. The monoisotopic (exact) mass is 642 g/mol. The number of aliphatic carboxylic acids is 2. The van der Waals surface area contributed by atoms with Crippen LogP contribution in [-0.2, 0) is 9.59 Å². The highest BCUT2D eigenvalue weighted by Gasteiger charge is 2.12. The van der Waals surface area contributed by atoms with Crippen LogP contribution in [0, 0.1) is 18.8 Å². The van der Waals surface area contributed by atoms with E-state index in [9.17, 15) is 28.0 Å². The molecule has 30 heavy (non-hydrogen) atoms. The number of carbonyl (C=O) groups excluding carboxylic acids is 2. The molecule has 0 bridgehead atoms. The number of hydrogen-bond acceptors (Lipinski definition) is 4. The smallest absolute Gasteiger partial charge is 0.328 e. The van der Waals surface area contributed by atoms with Crippen LogP contribution in [0.25, 0.3) is 0 Å². The molecule has 0 atom stereocenters. The van der Waals surface area contributed by atoms with Crippen molar-refractivity contribution in [2.24, 2.45) is 0 Å². The summed E-state index contributed by atoms with van der Waals surface area (Å²) in [6.45, 7) is 0. The number of ketones is 2. The van der Waals surface area contributed by atoms with Gasteiger partial charge in [0.05, 0.1) is 6.42 Å². The Morgan fingerprint density at radius 1 is 0.800 bits per heavy atom. The van der Waals surface area contributed by atoms with Crippen LogP contribution < -0.4 is 0 Å². The molecule has 0 unspecified atom stereocenters. The molecule has 0 fully saturated rings. The van der Waals surface area contributed by atoms with Gasteiger partial charge in [-0.15, -0.1) is 0 Å². The maximum absolute atomic E-state index is 12.8. The number of carbonyl (C=O) groups is 4. The zero-order valence-corrected chi connectivity index (χ0v) is 19.4. The predicted octanol–water partition coefficient (Wildman–Crippen LogP) is 4.73. The third-order valence-corrected chi connectivity index (χ3v) is 5.25. The van der Waals surface area contributed by atoms with E-state index < -0.39 is 29.4 Å². The van der Waals surface area contributed by atoms with E-state index in [0.29, 0.717) is 7.14 Å². The van der Waals surface area contributed by atoms with Gasteiger partial charge in [0.1, 0.15) is 11.6 Å². The summed E-state index contributed by atoms with van der Waals surface area (Å²) in [6.07, 6.45) is 1.29. The molecular weight excluding hydrogens is 628 g/mol. The number of carboxylic acids is 2. The van der Waals surface area contributed by atoms with Crippen molar-refractivity contribution in [3.63, 3.8) is 0 Å². The van der Waals surface area contributed by atoms with E-state index in [1.54, 1.807) is 0 Å². The van der Waals surface area contributed by atoms with Gasteiger partial charge in [-0.25, -0.2) is 13.6 Å². The Morgan fingerprint density at radius 3 is 1.80 bits per heavy atom. The van der Waals surface area contributed by atoms with E-state index in [2.05, 4.69) is 0 Å². The molecule has 0 saturated carbocycles. The number of allylic oxidation sites excluding steroid dienone is 1. The van der Waals surface area contributed by atoms with Crippen LogP contribution in [0.3, 0.4) is 0 Å². The summed E-state index contributed by atoms with van der Waals surface area (Å²) >= 11 is 3.79. The Kier molecular flexibility index (Phi) is 10.7. The van der Waals surface area contributed by atoms with Gasteiger partial charge < -0.3 is 10.2 Å². The highest BCUT2D eigenvalue weighted by molar-refractivity contribution is 14.1. The maximum atomic E-state index is 12.8. The van der Waals surface area contributed by atoms with Gasteiger partial charge in [0.25, 0.3) is 0 Å². The summed E-state index contributed by atoms with van der Waals surface area (Å²) in [4.78, 5) is 43.3. The van der Waals surface area contributed by atoms with Crippen LogP contribution in [0.4, 0.5) is 8.78 Å². The van der Waals surface area contributed by atoms with Crippen molar-refractivity contribution >= 4 is 68.7 Å². The summed E-state index contributed by atoms with van der Waals surface area (Å²) in [5, 5.41) is 16.7. The first-order valence-electron chi connectivity index (χ1n) is 8.11. The van der Waals surface area contributed by atoms with Crippen LogP contribution in [0.5, 0.6) is 0 Å². The summed E-state index contributed by atoms with van der Waals surface area (Å²) in [6, 6.07) is 7.65. The summed E-state index contributed by atoms with van der Waals surface area (Å²) in [7, 11) is 0. The zero-order valence-electron chi connectivity index (χ0n) is 15.1. The van der Waals surface area contributed by atoms with Crippen LogP contribution in [0.2, 0.25) is 0 Å². The minimum atomic E-state index is -1.21. The van der Waals surface area contributed by atoms with Crippen molar-refractivity contribution in [1.29, 1.82) is 0 Å². The van der Waals surface area contributed by atoms with E-state index >= 15 is 0 Å². The summed E-state index contributed by atoms with van der Waals surface area (Å²) in [5.41, 5.74) is 0.407. The van der Waals surface area contributed by atoms with Gasteiger partial charge in [-0.3, -0.25) is 14.4 Å². The standard InChI is InChI=1S/C10H8FIO3.C10H6FIO3/c2*11-6-1-2-8(12)7(5-6)9(13)3-4-10(14)15/h1-2,5H,3-4H2,(H,14,15);1-5H,(H,14,15)/b;4-3+. The van der Waals surface area contributed by atoms with Crippen LogP contribution in [-0.4, -0.2) is 33.7 Å². The number of carboxylic acid groups (broad SMARTS) is 2. The number of halogens is 4. The fraction of sp³-hybridized carbons (Fsp3) is 0.100. The number of Topliss-reactive ketones (excluding diaryl/α,β-unsaturated/α-hetero) is 1. The lowest BCUT2D eigenvalue weighted by atomic mass is 10.1. The van der Waals surface area contributed by atoms with Gasteiger partial charge in [-0.1, -0.05) is 0 Å².